The second-order valence-electron chi connectivity index (χ2n) is 3.11. The standard InChI is InChI=1S/C10H17N/c1-3-7-11-10-6-4-5-9(2)8-10/h4-5,8,10-11H,3,6-7H2,1-2H3. The Morgan fingerprint density at radius 3 is 3.09 bits per heavy atom. The van der Waals surface area contributed by atoms with Crippen LogP contribution in [0.3, 0.4) is 0 Å². The van der Waals surface area contributed by atoms with Gasteiger partial charge in [0.05, 0.1) is 0 Å². The molecular formula is C10H17N. The van der Waals surface area contributed by atoms with Crippen molar-refractivity contribution in [1.82, 2.24) is 5.32 Å². The van der Waals surface area contributed by atoms with Crippen molar-refractivity contribution >= 4 is 0 Å². The summed E-state index contributed by atoms with van der Waals surface area (Å²) >= 11 is 0. The van der Waals surface area contributed by atoms with Crippen LogP contribution in [0.4, 0.5) is 0 Å². The van der Waals surface area contributed by atoms with E-state index in [1.807, 2.05) is 0 Å². The highest BCUT2D eigenvalue weighted by atomic mass is 14.9. The molecule has 0 aliphatic heterocycles. The van der Waals surface area contributed by atoms with Crippen LogP contribution in [0.2, 0.25) is 0 Å². The van der Waals surface area contributed by atoms with Gasteiger partial charge in [-0.2, -0.15) is 0 Å². The molecule has 1 atom stereocenters. The van der Waals surface area contributed by atoms with Crippen LogP contribution >= 0.6 is 0 Å². The zero-order valence-electron chi connectivity index (χ0n) is 7.43. The molecule has 1 heteroatoms. The lowest BCUT2D eigenvalue weighted by atomic mass is 10.0. The SMILES string of the molecule is CCCNC1C=C(C)C=CC1. The molecule has 0 fully saturated rings. The number of allylic oxidation sites excluding steroid dienone is 2. The van der Waals surface area contributed by atoms with Crippen molar-refractivity contribution in [2.45, 2.75) is 32.7 Å². The van der Waals surface area contributed by atoms with Gasteiger partial charge in [0, 0.05) is 6.04 Å². The lowest BCUT2D eigenvalue weighted by molar-refractivity contribution is 0.587. The molecule has 1 nitrogen and oxygen atoms in total. The van der Waals surface area contributed by atoms with Crippen LogP contribution in [-0.4, -0.2) is 12.6 Å². The average Bonchev–Trinajstić information content (AvgIpc) is 2.01. The van der Waals surface area contributed by atoms with Crippen LogP contribution in [0.15, 0.2) is 23.8 Å². The van der Waals surface area contributed by atoms with Gasteiger partial charge in [0.15, 0.2) is 0 Å². The van der Waals surface area contributed by atoms with Crippen molar-refractivity contribution in [2.24, 2.45) is 0 Å². The van der Waals surface area contributed by atoms with E-state index in [0.29, 0.717) is 6.04 Å². The molecule has 0 spiro atoms. The van der Waals surface area contributed by atoms with Gasteiger partial charge in [0.2, 0.25) is 0 Å². The number of hydrogen-bond acceptors (Lipinski definition) is 1. The van der Waals surface area contributed by atoms with Gasteiger partial charge in [-0.3, -0.25) is 0 Å². The summed E-state index contributed by atoms with van der Waals surface area (Å²) in [5, 5.41) is 3.47. The third-order valence-corrected chi connectivity index (χ3v) is 1.89. The van der Waals surface area contributed by atoms with E-state index in [9.17, 15) is 0 Å². The van der Waals surface area contributed by atoms with E-state index in [-0.39, 0.29) is 0 Å². The van der Waals surface area contributed by atoms with Gasteiger partial charge in [0.1, 0.15) is 0 Å². The van der Waals surface area contributed by atoms with Gasteiger partial charge >= 0.3 is 0 Å². The molecule has 1 rings (SSSR count). The van der Waals surface area contributed by atoms with Crippen molar-refractivity contribution in [3.8, 4) is 0 Å². The minimum Gasteiger partial charge on any atom is -0.310 e. The molecule has 0 aromatic heterocycles. The van der Waals surface area contributed by atoms with Crippen molar-refractivity contribution in [3.63, 3.8) is 0 Å². The molecule has 0 aromatic rings. The highest BCUT2D eigenvalue weighted by Gasteiger charge is 2.04. The Balaban J connectivity index is 2.31. The molecule has 0 amide bonds. The first-order valence-electron chi connectivity index (χ1n) is 4.41. The molecular weight excluding hydrogens is 134 g/mol. The Morgan fingerprint density at radius 2 is 2.45 bits per heavy atom. The zero-order valence-corrected chi connectivity index (χ0v) is 7.43. The number of nitrogens with one attached hydrogen (secondary N) is 1. The summed E-state index contributed by atoms with van der Waals surface area (Å²) in [6, 6.07) is 0.583. The van der Waals surface area contributed by atoms with Crippen molar-refractivity contribution in [3.05, 3.63) is 23.8 Å². The minimum atomic E-state index is 0.583. The van der Waals surface area contributed by atoms with Gasteiger partial charge in [0.25, 0.3) is 0 Å². The molecule has 62 valence electrons. The molecule has 1 N–H and O–H groups in total. The average molecular weight is 151 g/mol. The quantitative estimate of drug-likeness (QED) is 0.652. The van der Waals surface area contributed by atoms with Crippen LogP contribution in [0, 0.1) is 0 Å². The largest absolute Gasteiger partial charge is 0.310 e. The zero-order chi connectivity index (χ0) is 8.10. The topological polar surface area (TPSA) is 12.0 Å². The maximum Gasteiger partial charge on any atom is 0.0290 e. The predicted molar refractivity (Wildman–Crippen MR) is 49.6 cm³/mol. The fourth-order valence-electron chi connectivity index (χ4n) is 1.31. The monoisotopic (exact) mass is 151 g/mol. The molecule has 1 unspecified atom stereocenters. The molecule has 0 aromatic carbocycles. The Kier molecular flexibility index (Phi) is 3.37. The van der Waals surface area contributed by atoms with E-state index in [2.05, 4.69) is 37.4 Å². The van der Waals surface area contributed by atoms with Crippen molar-refractivity contribution < 1.29 is 0 Å². The summed E-state index contributed by atoms with van der Waals surface area (Å²) in [4.78, 5) is 0. The molecule has 0 saturated heterocycles. The number of rotatable bonds is 3. The molecule has 0 bridgehead atoms. The summed E-state index contributed by atoms with van der Waals surface area (Å²) in [5.41, 5.74) is 1.38. The molecule has 0 saturated carbocycles. The van der Waals surface area contributed by atoms with E-state index in [0.717, 1.165) is 13.0 Å². The van der Waals surface area contributed by atoms with Crippen LogP contribution in [0.5, 0.6) is 0 Å². The van der Waals surface area contributed by atoms with Gasteiger partial charge in [-0.05, 0) is 26.3 Å². The van der Waals surface area contributed by atoms with Crippen LogP contribution in [0.1, 0.15) is 26.7 Å². The maximum absolute atomic E-state index is 3.47. The molecule has 1 aliphatic carbocycles. The minimum absolute atomic E-state index is 0.583. The third-order valence-electron chi connectivity index (χ3n) is 1.89. The Hall–Kier alpha value is -0.560. The van der Waals surface area contributed by atoms with Gasteiger partial charge in [-0.1, -0.05) is 30.7 Å². The van der Waals surface area contributed by atoms with Crippen LogP contribution in [0.25, 0.3) is 0 Å². The lowest BCUT2D eigenvalue weighted by Gasteiger charge is -2.16. The Morgan fingerprint density at radius 1 is 1.64 bits per heavy atom. The fourth-order valence-corrected chi connectivity index (χ4v) is 1.31. The van der Waals surface area contributed by atoms with Gasteiger partial charge in [-0.15, -0.1) is 0 Å². The van der Waals surface area contributed by atoms with Crippen LogP contribution < -0.4 is 5.32 Å². The normalized spacial score (nSPS) is 23.5. The van der Waals surface area contributed by atoms with E-state index >= 15 is 0 Å². The van der Waals surface area contributed by atoms with Gasteiger partial charge in [-0.25, -0.2) is 0 Å². The van der Waals surface area contributed by atoms with E-state index < -0.39 is 0 Å². The first-order valence-corrected chi connectivity index (χ1v) is 4.41. The summed E-state index contributed by atoms with van der Waals surface area (Å²) in [6.07, 6.45) is 9.09. The summed E-state index contributed by atoms with van der Waals surface area (Å²) in [5.74, 6) is 0. The molecule has 0 radical (unpaired) electrons. The highest BCUT2D eigenvalue weighted by Crippen LogP contribution is 2.09. The third kappa shape index (κ3) is 2.89. The van der Waals surface area contributed by atoms with E-state index in [1.54, 1.807) is 0 Å². The lowest BCUT2D eigenvalue weighted by Crippen LogP contribution is -2.28. The van der Waals surface area contributed by atoms with E-state index in [1.165, 1.54) is 12.0 Å². The van der Waals surface area contributed by atoms with Gasteiger partial charge < -0.3 is 5.32 Å². The van der Waals surface area contributed by atoms with Crippen LogP contribution in [-0.2, 0) is 0 Å². The van der Waals surface area contributed by atoms with Crippen molar-refractivity contribution in [2.75, 3.05) is 6.54 Å². The maximum atomic E-state index is 3.47. The highest BCUT2D eigenvalue weighted by molar-refractivity contribution is 5.23. The summed E-state index contributed by atoms with van der Waals surface area (Å²) < 4.78 is 0. The first kappa shape index (κ1) is 8.54. The molecule has 11 heavy (non-hydrogen) atoms. The van der Waals surface area contributed by atoms with Crippen molar-refractivity contribution in [1.29, 1.82) is 0 Å². The smallest absolute Gasteiger partial charge is 0.0290 e. The Labute approximate surface area is 69.2 Å². The predicted octanol–water partition coefficient (Wildman–Crippen LogP) is 2.26. The van der Waals surface area contributed by atoms with E-state index in [4.69, 9.17) is 0 Å². The summed E-state index contributed by atoms with van der Waals surface area (Å²) in [7, 11) is 0. The Bertz CT molecular complexity index is 168. The second kappa shape index (κ2) is 4.35. The summed E-state index contributed by atoms with van der Waals surface area (Å²) in [6.45, 7) is 5.47. The fraction of sp³-hybridized carbons (Fsp3) is 0.600. The molecule has 0 heterocycles. The number of hydrogen-bond donors (Lipinski definition) is 1. The molecule has 1 aliphatic rings. The first-order chi connectivity index (χ1) is 5.33. The second-order valence-corrected chi connectivity index (χ2v) is 3.11.